The van der Waals surface area contributed by atoms with E-state index in [-0.39, 0.29) is 17.9 Å². The minimum atomic E-state index is -1.00. The standard InChI is InChI=1S/C9H7Cl2N3O2/c10-4-1-5(11)9-13-6(2-7(15)16)8(12)14(9)3-4/h1,3H,2,12H2,(H,15,16). The topological polar surface area (TPSA) is 80.6 Å². The number of carbonyl (C=O) groups is 1. The van der Waals surface area contributed by atoms with Crippen LogP contribution in [0.1, 0.15) is 5.69 Å². The molecule has 16 heavy (non-hydrogen) atoms. The summed E-state index contributed by atoms with van der Waals surface area (Å²) < 4.78 is 1.48. The molecule has 0 unspecified atom stereocenters. The second-order valence-corrected chi connectivity index (χ2v) is 4.06. The lowest BCUT2D eigenvalue weighted by molar-refractivity contribution is -0.136. The Balaban J connectivity index is 2.67. The third-order valence-electron chi connectivity index (χ3n) is 2.07. The molecule has 0 bridgehead atoms. The second kappa shape index (κ2) is 3.84. The Kier molecular flexibility index (Phi) is 2.65. The smallest absolute Gasteiger partial charge is 0.309 e. The van der Waals surface area contributed by atoms with Crippen LogP contribution in [-0.2, 0) is 11.2 Å². The van der Waals surface area contributed by atoms with Crippen molar-refractivity contribution in [1.29, 1.82) is 0 Å². The number of hydrogen-bond donors (Lipinski definition) is 2. The molecule has 2 aromatic rings. The van der Waals surface area contributed by atoms with Crippen molar-refractivity contribution in [2.45, 2.75) is 6.42 Å². The maximum Gasteiger partial charge on any atom is 0.309 e. The zero-order chi connectivity index (χ0) is 11.9. The number of aromatic nitrogens is 2. The van der Waals surface area contributed by atoms with Gasteiger partial charge in [0.05, 0.1) is 22.2 Å². The molecule has 7 heteroatoms. The van der Waals surface area contributed by atoms with Crippen LogP contribution in [0, 0.1) is 0 Å². The highest BCUT2D eigenvalue weighted by atomic mass is 35.5. The Hall–Kier alpha value is -1.46. The van der Waals surface area contributed by atoms with E-state index >= 15 is 0 Å². The molecule has 0 fully saturated rings. The lowest BCUT2D eigenvalue weighted by atomic mass is 10.3. The first-order valence-electron chi connectivity index (χ1n) is 4.32. The molecule has 0 aromatic carbocycles. The van der Waals surface area contributed by atoms with Gasteiger partial charge in [0, 0.05) is 6.20 Å². The summed E-state index contributed by atoms with van der Waals surface area (Å²) in [5, 5.41) is 9.41. The highest BCUT2D eigenvalue weighted by Gasteiger charge is 2.14. The number of nitrogens with two attached hydrogens (primary N) is 1. The molecule has 2 aromatic heterocycles. The molecule has 0 aliphatic rings. The Bertz CT molecular complexity index is 580. The van der Waals surface area contributed by atoms with Gasteiger partial charge in [-0.1, -0.05) is 23.2 Å². The van der Waals surface area contributed by atoms with Crippen LogP contribution in [0.25, 0.3) is 5.65 Å². The van der Waals surface area contributed by atoms with E-state index in [0.717, 1.165) is 0 Å². The maximum atomic E-state index is 10.6. The number of nitrogen functional groups attached to an aromatic ring is 1. The molecule has 3 N–H and O–H groups in total. The number of carboxylic acid groups (broad SMARTS) is 1. The number of imidazole rings is 1. The Morgan fingerprint density at radius 1 is 1.56 bits per heavy atom. The molecule has 84 valence electrons. The van der Waals surface area contributed by atoms with E-state index in [4.69, 9.17) is 34.0 Å². The first kappa shape index (κ1) is 11.0. The quantitative estimate of drug-likeness (QED) is 0.863. The molecule has 0 radical (unpaired) electrons. The summed E-state index contributed by atoms with van der Waals surface area (Å²) >= 11 is 11.7. The molecule has 2 rings (SSSR count). The van der Waals surface area contributed by atoms with Gasteiger partial charge in [-0.05, 0) is 6.07 Å². The fourth-order valence-corrected chi connectivity index (χ4v) is 1.92. The van der Waals surface area contributed by atoms with Crippen molar-refractivity contribution in [3.05, 3.63) is 28.0 Å². The Morgan fingerprint density at radius 3 is 2.88 bits per heavy atom. The number of rotatable bonds is 2. The third-order valence-corrected chi connectivity index (χ3v) is 2.56. The predicted octanol–water partition coefficient (Wildman–Crippen LogP) is 1.85. The van der Waals surface area contributed by atoms with Gasteiger partial charge in [0.2, 0.25) is 0 Å². The summed E-state index contributed by atoms with van der Waals surface area (Å²) in [6, 6.07) is 1.52. The van der Waals surface area contributed by atoms with Crippen LogP contribution in [0.5, 0.6) is 0 Å². The lowest BCUT2D eigenvalue weighted by Gasteiger charge is -1.99. The van der Waals surface area contributed by atoms with Crippen molar-refractivity contribution in [3.8, 4) is 0 Å². The largest absolute Gasteiger partial charge is 0.481 e. The minimum absolute atomic E-state index is 0.238. The summed E-state index contributed by atoms with van der Waals surface area (Å²) in [6.45, 7) is 0. The van der Waals surface area contributed by atoms with Crippen LogP contribution < -0.4 is 5.73 Å². The second-order valence-electron chi connectivity index (χ2n) is 3.21. The molecule has 0 spiro atoms. The summed E-state index contributed by atoms with van der Waals surface area (Å²) in [6.07, 6.45) is 1.29. The van der Waals surface area contributed by atoms with Gasteiger partial charge < -0.3 is 10.8 Å². The average Bonchev–Trinajstić information content (AvgIpc) is 2.45. The summed E-state index contributed by atoms with van der Waals surface area (Å²) in [7, 11) is 0. The molecule has 2 heterocycles. The number of carboxylic acids is 1. The maximum absolute atomic E-state index is 10.6. The highest BCUT2D eigenvalue weighted by molar-refractivity contribution is 6.36. The molecule has 5 nitrogen and oxygen atoms in total. The van der Waals surface area contributed by atoms with Crippen LogP contribution in [0.2, 0.25) is 10.0 Å². The molecular weight excluding hydrogens is 253 g/mol. The summed E-state index contributed by atoms with van der Waals surface area (Å²) in [5.41, 5.74) is 6.42. The Morgan fingerprint density at radius 2 is 2.25 bits per heavy atom. The molecule has 0 saturated carbocycles. The minimum Gasteiger partial charge on any atom is -0.481 e. The molecule has 0 saturated heterocycles. The van der Waals surface area contributed by atoms with Crippen molar-refractivity contribution in [3.63, 3.8) is 0 Å². The average molecular weight is 260 g/mol. The number of aliphatic carboxylic acids is 1. The normalized spacial score (nSPS) is 10.9. The highest BCUT2D eigenvalue weighted by Crippen LogP contribution is 2.25. The fourth-order valence-electron chi connectivity index (χ4n) is 1.41. The lowest BCUT2D eigenvalue weighted by Crippen LogP contribution is -2.03. The van der Waals surface area contributed by atoms with Crippen LogP contribution in [-0.4, -0.2) is 20.5 Å². The monoisotopic (exact) mass is 259 g/mol. The van der Waals surface area contributed by atoms with Gasteiger partial charge in [-0.15, -0.1) is 0 Å². The first-order chi connectivity index (χ1) is 7.49. The zero-order valence-electron chi connectivity index (χ0n) is 7.94. The number of anilines is 1. The van der Waals surface area contributed by atoms with Crippen LogP contribution in [0.4, 0.5) is 5.82 Å². The van der Waals surface area contributed by atoms with Gasteiger partial charge >= 0.3 is 5.97 Å². The van der Waals surface area contributed by atoms with E-state index in [1.807, 2.05) is 0 Å². The molecular formula is C9H7Cl2N3O2. The molecule has 0 aliphatic heterocycles. The first-order valence-corrected chi connectivity index (χ1v) is 5.08. The van der Waals surface area contributed by atoms with E-state index < -0.39 is 5.97 Å². The van der Waals surface area contributed by atoms with Gasteiger partial charge in [-0.3, -0.25) is 9.20 Å². The van der Waals surface area contributed by atoms with Crippen molar-refractivity contribution in [1.82, 2.24) is 9.38 Å². The van der Waals surface area contributed by atoms with Gasteiger partial charge in [0.15, 0.2) is 5.65 Å². The number of halogens is 2. The summed E-state index contributed by atoms with van der Waals surface area (Å²) in [5.74, 6) is -0.765. The van der Waals surface area contributed by atoms with E-state index in [2.05, 4.69) is 4.98 Å². The van der Waals surface area contributed by atoms with E-state index in [1.54, 1.807) is 0 Å². The van der Waals surface area contributed by atoms with E-state index in [0.29, 0.717) is 15.7 Å². The molecule has 0 aliphatic carbocycles. The van der Waals surface area contributed by atoms with Gasteiger partial charge in [0.25, 0.3) is 0 Å². The van der Waals surface area contributed by atoms with Crippen molar-refractivity contribution in [2.24, 2.45) is 0 Å². The molecule has 0 atom stereocenters. The van der Waals surface area contributed by atoms with E-state index in [9.17, 15) is 4.79 Å². The van der Waals surface area contributed by atoms with Crippen molar-refractivity contribution < 1.29 is 9.90 Å². The fraction of sp³-hybridized carbons (Fsp3) is 0.111. The number of nitrogens with zero attached hydrogens (tertiary/aromatic N) is 2. The SMILES string of the molecule is Nc1c(CC(=O)O)nc2c(Cl)cc(Cl)cn12. The van der Waals surface area contributed by atoms with Crippen LogP contribution in [0.3, 0.4) is 0 Å². The van der Waals surface area contributed by atoms with E-state index in [1.165, 1.54) is 16.7 Å². The predicted molar refractivity (Wildman–Crippen MR) is 61.0 cm³/mol. The van der Waals surface area contributed by atoms with Gasteiger partial charge in [-0.2, -0.15) is 0 Å². The number of hydrogen-bond acceptors (Lipinski definition) is 3. The van der Waals surface area contributed by atoms with Gasteiger partial charge in [-0.25, -0.2) is 4.98 Å². The van der Waals surface area contributed by atoms with Crippen LogP contribution in [0.15, 0.2) is 12.3 Å². The van der Waals surface area contributed by atoms with Crippen molar-refractivity contribution in [2.75, 3.05) is 5.73 Å². The van der Waals surface area contributed by atoms with Gasteiger partial charge in [0.1, 0.15) is 5.82 Å². The van der Waals surface area contributed by atoms with Crippen molar-refractivity contribution >= 4 is 40.6 Å². The molecule has 0 amide bonds. The van der Waals surface area contributed by atoms with Crippen LogP contribution >= 0.6 is 23.2 Å². The Labute approximate surface area is 100 Å². The summed E-state index contributed by atoms with van der Waals surface area (Å²) in [4.78, 5) is 14.6. The number of fused-ring (bicyclic) bond motifs is 1. The number of pyridine rings is 1. The zero-order valence-corrected chi connectivity index (χ0v) is 9.46. The third kappa shape index (κ3) is 1.79.